The van der Waals surface area contributed by atoms with Crippen molar-refractivity contribution < 1.29 is 22.6 Å². The number of ether oxygens (including phenoxy) is 2. The van der Waals surface area contributed by atoms with E-state index in [1.54, 1.807) is 0 Å². The zero-order valence-electron chi connectivity index (χ0n) is 19.0. The third-order valence-electron chi connectivity index (χ3n) is 5.43. The topological polar surface area (TPSA) is 99.1 Å². The van der Waals surface area contributed by atoms with Crippen LogP contribution in [0.4, 0.5) is 13.2 Å². The predicted octanol–water partition coefficient (Wildman–Crippen LogP) is 4.17. The normalized spacial score (nSPS) is 13.3. The second-order valence-electron chi connectivity index (χ2n) is 7.70. The number of nitrogens with zero attached hydrogens (tertiary/aromatic N) is 4. The molecule has 0 aliphatic rings. The molecule has 0 aliphatic carbocycles. The average molecular weight is 543 g/mol. The highest BCUT2D eigenvalue weighted by Gasteiger charge is 2.38. The number of hydrogen-bond acceptors (Lipinski definition) is 6. The summed E-state index contributed by atoms with van der Waals surface area (Å²) >= 11 is 12.3. The lowest BCUT2D eigenvalue weighted by molar-refractivity contribution is -0.137. The van der Waals surface area contributed by atoms with Crippen molar-refractivity contribution in [2.24, 2.45) is 0 Å². The van der Waals surface area contributed by atoms with Gasteiger partial charge in [0.05, 0.1) is 40.6 Å². The van der Waals surface area contributed by atoms with Crippen molar-refractivity contribution >= 4 is 23.2 Å². The predicted molar refractivity (Wildman–Crippen MR) is 125 cm³/mol. The van der Waals surface area contributed by atoms with E-state index in [0.717, 1.165) is 27.6 Å². The van der Waals surface area contributed by atoms with Crippen LogP contribution in [0.2, 0.25) is 10.0 Å². The largest absolute Gasteiger partial charge is 0.417 e. The smallest absolute Gasteiger partial charge is 0.382 e. The van der Waals surface area contributed by atoms with Gasteiger partial charge in [0.2, 0.25) is 0 Å². The van der Waals surface area contributed by atoms with Crippen molar-refractivity contribution in [3.63, 3.8) is 0 Å². The Kier molecular flexibility index (Phi) is 8.26. The molecule has 36 heavy (non-hydrogen) atoms. The van der Waals surface area contributed by atoms with Crippen molar-refractivity contribution in [1.29, 1.82) is 5.26 Å². The summed E-state index contributed by atoms with van der Waals surface area (Å²) in [6.07, 6.45) is -3.85. The van der Waals surface area contributed by atoms with Gasteiger partial charge in [0, 0.05) is 7.11 Å². The zero-order chi connectivity index (χ0) is 26.7. The minimum atomic E-state index is -4.74. The van der Waals surface area contributed by atoms with Crippen molar-refractivity contribution in [2.75, 3.05) is 20.3 Å². The number of nitriles is 1. The first-order chi connectivity index (χ1) is 17.0. The fraction of sp³-hybridized carbons (Fsp3) is 0.304. The summed E-state index contributed by atoms with van der Waals surface area (Å²) in [5.74, 6) is 0. The van der Waals surface area contributed by atoms with Gasteiger partial charge in [0.1, 0.15) is 18.3 Å². The summed E-state index contributed by atoms with van der Waals surface area (Å²) in [7, 11) is 1.47. The lowest BCUT2D eigenvalue weighted by Gasteiger charge is -2.26. The van der Waals surface area contributed by atoms with Crippen LogP contribution < -0.4 is 11.2 Å². The number of methoxy groups -OCH3 is 1. The third-order valence-corrected chi connectivity index (χ3v) is 6.16. The minimum Gasteiger partial charge on any atom is -0.382 e. The summed E-state index contributed by atoms with van der Waals surface area (Å²) < 4.78 is 52.1. The maximum absolute atomic E-state index is 13.4. The summed E-state index contributed by atoms with van der Waals surface area (Å²) in [5, 5.41) is 13.3. The van der Waals surface area contributed by atoms with E-state index in [1.807, 2.05) is 6.07 Å². The Morgan fingerprint density at radius 2 is 1.83 bits per heavy atom. The van der Waals surface area contributed by atoms with Gasteiger partial charge >= 0.3 is 11.9 Å². The second kappa shape index (κ2) is 10.8. The van der Waals surface area contributed by atoms with E-state index in [9.17, 15) is 28.0 Å². The molecule has 0 bridgehead atoms. The molecule has 3 rings (SSSR count). The first-order valence-corrected chi connectivity index (χ1v) is 11.0. The summed E-state index contributed by atoms with van der Waals surface area (Å²) in [4.78, 5) is 25.2. The Balaban J connectivity index is 2.14. The highest BCUT2D eigenvalue weighted by molar-refractivity contribution is 6.33. The van der Waals surface area contributed by atoms with E-state index in [2.05, 4.69) is 5.10 Å². The van der Waals surface area contributed by atoms with E-state index < -0.39 is 33.4 Å². The van der Waals surface area contributed by atoms with Crippen molar-refractivity contribution in [3.05, 3.63) is 90.2 Å². The highest BCUT2D eigenvalue weighted by Crippen LogP contribution is 2.42. The molecule has 0 N–H and O–H groups in total. The van der Waals surface area contributed by atoms with Crippen molar-refractivity contribution in [2.45, 2.75) is 25.2 Å². The van der Waals surface area contributed by atoms with Crippen LogP contribution in [0.15, 0.2) is 52.2 Å². The number of aromatic nitrogens is 3. The molecular formula is C23H19Cl2F3N4O4. The SMILES string of the molecule is COCCOCn1c(=O)cnn(-c2cccc(C(C)(C#N)c3ccc(Cl)c(C(F)(F)F)c3)c2Cl)c1=O. The van der Waals surface area contributed by atoms with Gasteiger partial charge in [-0.05, 0) is 36.2 Å². The lowest BCUT2D eigenvalue weighted by atomic mass is 9.77. The van der Waals surface area contributed by atoms with Crippen molar-refractivity contribution in [1.82, 2.24) is 14.3 Å². The van der Waals surface area contributed by atoms with E-state index >= 15 is 0 Å². The first kappa shape index (κ1) is 27.4. The van der Waals surface area contributed by atoms with Crippen LogP contribution in [0.5, 0.6) is 0 Å². The quantitative estimate of drug-likeness (QED) is 0.396. The molecule has 1 atom stereocenters. The first-order valence-electron chi connectivity index (χ1n) is 10.3. The van der Waals surface area contributed by atoms with Crippen LogP contribution in [-0.2, 0) is 27.8 Å². The molecule has 190 valence electrons. The van der Waals surface area contributed by atoms with Gasteiger partial charge in [0.15, 0.2) is 0 Å². The van der Waals surface area contributed by atoms with Crippen molar-refractivity contribution in [3.8, 4) is 11.8 Å². The summed E-state index contributed by atoms with van der Waals surface area (Å²) in [5.41, 5.74) is -4.25. The van der Waals surface area contributed by atoms with Crippen LogP contribution in [0, 0.1) is 11.3 Å². The third kappa shape index (κ3) is 5.32. The fourth-order valence-electron chi connectivity index (χ4n) is 3.42. The molecule has 13 heteroatoms. The standard InChI is InChI=1S/C23H19Cl2F3N4O4/c1-22(12-29,14-6-7-17(24)16(10-14)23(26,27)28)15-4-3-5-18(20(15)25)32-21(34)31(19(33)11-30-32)13-36-9-8-35-2/h3-7,10-11H,8-9,13H2,1-2H3. The van der Waals surface area contributed by atoms with Crippen LogP contribution in [0.25, 0.3) is 5.69 Å². The summed E-state index contributed by atoms with van der Waals surface area (Å²) in [6, 6.07) is 9.49. The molecule has 1 heterocycles. The molecule has 0 amide bonds. The molecule has 0 spiro atoms. The van der Waals surface area contributed by atoms with Crippen LogP contribution in [0.3, 0.4) is 0 Å². The maximum atomic E-state index is 13.4. The monoisotopic (exact) mass is 542 g/mol. The maximum Gasteiger partial charge on any atom is 0.417 e. The van der Waals surface area contributed by atoms with Gasteiger partial charge in [-0.15, -0.1) is 0 Å². The molecule has 2 aromatic carbocycles. The molecule has 0 saturated carbocycles. The van der Waals surface area contributed by atoms with Gasteiger partial charge in [-0.3, -0.25) is 4.79 Å². The lowest BCUT2D eigenvalue weighted by Crippen LogP contribution is -2.41. The number of hydrogen-bond donors (Lipinski definition) is 0. The van der Waals surface area contributed by atoms with Crippen LogP contribution in [0.1, 0.15) is 23.6 Å². The van der Waals surface area contributed by atoms with Gasteiger partial charge in [-0.25, -0.2) is 9.36 Å². The second-order valence-corrected chi connectivity index (χ2v) is 8.49. The molecule has 8 nitrogen and oxygen atoms in total. The van der Waals surface area contributed by atoms with Gasteiger partial charge < -0.3 is 9.47 Å². The van der Waals surface area contributed by atoms with Gasteiger partial charge in [-0.1, -0.05) is 41.4 Å². The molecule has 3 aromatic rings. The Hall–Kier alpha value is -3.17. The van der Waals surface area contributed by atoms with Crippen LogP contribution >= 0.6 is 23.2 Å². The Labute approximate surface area is 213 Å². The number of alkyl halides is 3. The van der Waals surface area contributed by atoms with Crippen LogP contribution in [-0.4, -0.2) is 34.7 Å². The minimum absolute atomic E-state index is 0.0105. The average Bonchev–Trinajstić information content (AvgIpc) is 2.83. The van der Waals surface area contributed by atoms with E-state index in [-0.39, 0.29) is 41.8 Å². The summed E-state index contributed by atoms with van der Waals surface area (Å²) in [6.45, 7) is 1.39. The molecule has 1 aromatic heterocycles. The number of benzene rings is 2. The zero-order valence-corrected chi connectivity index (χ0v) is 20.5. The Morgan fingerprint density at radius 3 is 2.47 bits per heavy atom. The van der Waals surface area contributed by atoms with E-state index in [4.69, 9.17) is 32.7 Å². The fourth-order valence-corrected chi connectivity index (χ4v) is 4.04. The van der Waals surface area contributed by atoms with E-state index in [0.29, 0.717) is 0 Å². The molecule has 0 aliphatic heterocycles. The Morgan fingerprint density at radius 1 is 1.11 bits per heavy atom. The highest BCUT2D eigenvalue weighted by atomic mass is 35.5. The van der Waals surface area contributed by atoms with E-state index in [1.165, 1.54) is 38.3 Å². The molecule has 1 unspecified atom stereocenters. The Bertz CT molecular complexity index is 1430. The molecule has 0 radical (unpaired) electrons. The number of halogens is 5. The molecular weight excluding hydrogens is 524 g/mol. The number of rotatable bonds is 8. The molecule has 0 fully saturated rings. The van der Waals surface area contributed by atoms with Gasteiger partial charge in [-0.2, -0.15) is 28.2 Å². The van der Waals surface area contributed by atoms with Gasteiger partial charge in [0.25, 0.3) is 5.56 Å². The molecule has 0 saturated heterocycles.